The lowest BCUT2D eigenvalue weighted by Crippen LogP contribution is -2.09. The molecule has 0 aliphatic carbocycles. The Bertz CT molecular complexity index is 2060. The van der Waals surface area contributed by atoms with Gasteiger partial charge in [-0.2, -0.15) is 0 Å². The quantitative estimate of drug-likeness (QED) is 0.0754. The fourth-order valence-corrected chi connectivity index (χ4v) is 17.4. The molecular formula is C39H46N4O8P4. The van der Waals surface area contributed by atoms with Crippen LogP contribution in [0.2, 0.25) is 0 Å². The Labute approximate surface area is 324 Å². The van der Waals surface area contributed by atoms with Crippen LogP contribution < -0.4 is 22.6 Å². The van der Waals surface area contributed by atoms with Gasteiger partial charge in [-0.05, 0) is 79.9 Å². The molecule has 16 heteroatoms. The van der Waals surface area contributed by atoms with Crippen molar-refractivity contribution in [2.24, 2.45) is 18.1 Å². The summed E-state index contributed by atoms with van der Waals surface area (Å²) < 4.78 is 76.0. The van der Waals surface area contributed by atoms with Gasteiger partial charge >= 0.3 is 30.6 Å². The summed E-state index contributed by atoms with van der Waals surface area (Å²) in [5, 5.41) is 0. The highest BCUT2D eigenvalue weighted by Gasteiger charge is 2.47. The number of hydrogen-bond donors (Lipinski definition) is 0. The molecule has 0 bridgehead atoms. The first-order valence-electron chi connectivity index (χ1n) is 18.1. The van der Waals surface area contributed by atoms with E-state index in [9.17, 15) is 0 Å². The molecule has 0 radical (unpaired) electrons. The van der Waals surface area contributed by atoms with Crippen molar-refractivity contribution >= 4 is 30.6 Å². The van der Waals surface area contributed by atoms with E-state index < -0.39 is 30.6 Å². The third-order valence-electron chi connectivity index (χ3n) is 7.13. The first-order chi connectivity index (χ1) is 26.9. The van der Waals surface area contributed by atoms with E-state index in [0.29, 0.717) is 48.0 Å². The molecule has 55 heavy (non-hydrogen) atoms. The topological polar surface area (TPSA) is 123 Å². The van der Waals surface area contributed by atoms with Crippen LogP contribution in [0.5, 0.6) is 28.7 Å². The molecule has 5 aromatic rings. The largest absolute Gasteiger partial charge is 0.460 e. The maximum atomic E-state index is 6.92. The molecule has 0 saturated carbocycles. The molecule has 0 spiro atoms. The fraction of sp³-hybridized carbons (Fsp3) is 0.231. The molecule has 1 aliphatic heterocycles. The van der Waals surface area contributed by atoms with E-state index in [1.807, 2.05) is 112 Å². The average Bonchev–Trinajstić information content (AvgIpc) is 3.20. The summed E-state index contributed by atoms with van der Waals surface area (Å²) in [6.45, 7) is 6.67. The van der Waals surface area contributed by atoms with Crippen LogP contribution in [0.1, 0.15) is 40.0 Å². The fourth-order valence-electron chi connectivity index (χ4n) is 4.81. The van der Waals surface area contributed by atoms with Crippen molar-refractivity contribution in [1.82, 2.24) is 0 Å². The molecule has 1 heterocycles. The van der Waals surface area contributed by atoms with Crippen molar-refractivity contribution < 1.29 is 36.2 Å². The summed E-state index contributed by atoms with van der Waals surface area (Å²) >= 11 is 0. The van der Waals surface area contributed by atoms with Gasteiger partial charge in [0.25, 0.3) is 0 Å². The second-order valence-electron chi connectivity index (χ2n) is 11.8. The van der Waals surface area contributed by atoms with E-state index in [1.165, 1.54) is 0 Å². The first-order valence-corrected chi connectivity index (χ1v) is 24.2. The van der Waals surface area contributed by atoms with E-state index in [2.05, 4.69) is 0 Å². The maximum absolute atomic E-state index is 6.92. The normalized spacial score (nSPS) is 18.0. The number of nitrogens with zero attached hydrogens (tertiary/aromatic N) is 4. The molecule has 12 nitrogen and oxygen atoms in total. The molecular weight excluding hydrogens is 776 g/mol. The minimum absolute atomic E-state index is 0.215. The zero-order chi connectivity index (χ0) is 38.3. The van der Waals surface area contributed by atoms with Crippen molar-refractivity contribution in [2.75, 3.05) is 19.8 Å². The zero-order valence-corrected chi connectivity index (χ0v) is 34.6. The minimum Gasteiger partial charge on any atom is -0.422 e. The molecule has 1 aliphatic rings. The van der Waals surface area contributed by atoms with Crippen LogP contribution >= 0.6 is 30.6 Å². The molecule has 290 valence electrons. The number of hydrogen-bond acceptors (Lipinski definition) is 12. The third-order valence-corrected chi connectivity index (χ3v) is 18.2. The molecule has 0 aromatic heterocycles. The van der Waals surface area contributed by atoms with Crippen LogP contribution in [0.3, 0.4) is 0 Å². The van der Waals surface area contributed by atoms with Crippen LogP contribution in [0.25, 0.3) is 0 Å². The minimum atomic E-state index is -4.14. The first kappa shape index (κ1) is 40.6. The van der Waals surface area contributed by atoms with Gasteiger partial charge in [-0.3, -0.25) is 4.52 Å². The molecule has 0 N–H and O–H groups in total. The van der Waals surface area contributed by atoms with E-state index in [-0.39, 0.29) is 19.8 Å². The van der Waals surface area contributed by atoms with Gasteiger partial charge in [0.1, 0.15) is 28.7 Å². The lowest BCUT2D eigenvalue weighted by molar-refractivity contribution is 0.238. The van der Waals surface area contributed by atoms with Crippen LogP contribution in [-0.2, 0) is 13.6 Å². The summed E-state index contributed by atoms with van der Waals surface area (Å²) in [6, 6.07) is 45.9. The monoisotopic (exact) mass is 822 g/mol. The number of rotatable bonds is 19. The lowest BCUT2D eigenvalue weighted by Gasteiger charge is -2.33. The van der Waals surface area contributed by atoms with E-state index in [4.69, 9.17) is 54.3 Å². The van der Waals surface area contributed by atoms with Crippen molar-refractivity contribution in [2.45, 2.75) is 40.0 Å². The Balaban J connectivity index is 1.80. The molecule has 1 atom stereocenters. The molecule has 0 amide bonds. The standard InChI is InChI=1S/C39H46N4O8P4/c1-4-32-44-52(45-33-5-2)40-53(46-34-6-3,47-35-22-12-7-13-23-35)42-55(50-38-28-18-10-19-29-38,51-39-30-20-11-21-31-39)43-54(41-52,48-36-24-14-8-15-25-36)49-37-26-16-9-17-27-37/h7-31H,4-6,32-34H2,1-3H3. The molecule has 1 unspecified atom stereocenters. The third kappa shape index (κ3) is 11.5. The highest BCUT2D eigenvalue weighted by atomic mass is 31.3. The zero-order valence-electron chi connectivity index (χ0n) is 31.0. The van der Waals surface area contributed by atoms with Crippen LogP contribution in [0, 0.1) is 0 Å². The predicted octanol–water partition coefficient (Wildman–Crippen LogP) is 14.5. The van der Waals surface area contributed by atoms with Crippen LogP contribution in [-0.4, -0.2) is 19.8 Å². The highest BCUT2D eigenvalue weighted by molar-refractivity contribution is 7.79. The Morgan fingerprint density at radius 1 is 0.309 bits per heavy atom. The summed E-state index contributed by atoms with van der Waals surface area (Å²) in [7, 11) is -16.0. The van der Waals surface area contributed by atoms with Gasteiger partial charge < -0.3 is 31.7 Å². The van der Waals surface area contributed by atoms with Crippen LogP contribution in [0.15, 0.2) is 170 Å². The number of para-hydroxylation sites is 5. The van der Waals surface area contributed by atoms with Gasteiger partial charge in [0.05, 0.1) is 19.8 Å². The van der Waals surface area contributed by atoms with Crippen molar-refractivity contribution in [3.8, 4) is 28.7 Å². The van der Waals surface area contributed by atoms with Gasteiger partial charge in [-0.15, -0.1) is 13.5 Å². The SMILES string of the molecule is CCCOP1(OCCC)=NP(Oc2ccccc2)(Oc2ccccc2)=NP(Oc2ccccc2)(Oc2ccccc2)=NP(OCCC)(Oc2ccccc2)=N1. The van der Waals surface area contributed by atoms with Gasteiger partial charge in [0.15, 0.2) is 0 Å². The smallest absolute Gasteiger partial charge is 0.422 e. The summed E-state index contributed by atoms with van der Waals surface area (Å²) in [5.41, 5.74) is 0. The maximum Gasteiger partial charge on any atom is 0.460 e. The second kappa shape index (κ2) is 19.7. The van der Waals surface area contributed by atoms with Crippen molar-refractivity contribution in [3.05, 3.63) is 152 Å². The Kier molecular flexibility index (Phi) is 14.5. The van der Waals surface area contributed by atoms with Crippen LogP contribution in [0.4, 0.5) is 0 Å². The Morgan fingerprint density at radius 2 is 0.527 bits per heavy atom. The summed E-state index contributed by atoms with van der Waals surface area (Å²) in [5.74, 6) is 2.12. The van der Waals surface area contributed by atoms with Gasteiger partial charge in [-0.25, -0.2) is 0 Å². The number of benzene rings is 5. The summed E-state index contributed by atoms with van der Waals surface area (Å²) in [6.07, 6.45) is 1.88. The average molecular weight is 823 g/mol. The lowest BCUT2D eigenvalue weighted by atomic mass is 10.3. The summed E-state index contributed by atoms with van der Waals surface area (Å²) in [4.78, 5) is 0. The highest BCUT2D eigenvalue weighted by Crippen LogP contribution is 2.80. The predicted molar refractivity (Wildman–Crippen MR) is 221 cm³/mol. The van der Waals surface area contributed by atoms with E-state index in [0.717, 1.165) is 0 Å². The molecule has 6 rings (SSSR count). The molecule has 5 aromatic carbocycles. The Hall–Kier alpha value is -4.10. The van der Waals surface area contributed by atoms with E-state index >= 15 is 0 Å². The van der Waals surface area contributed by atoms with Gasteiger partial charge in [0, 0.05) is 0 Å². The van der Waals surface area contributed by atoms with Crippen molar-refractivity contribution in [3.63, 3.8) is 0 Å². The van der Waals surface area contributed by atoms with Crippen molar-refractivity contribution in [1.29, 1.82) is 0 Å². The second-order valence-corrected chi connectivity index (χ2v) is 20.3. The molecule has 0 saturated heterocycles. The van der Waals surface area contributed by atoms with Gasteiger partial charge in [-0.1, -0.05) is 116 Å². The Morgan fingerprint density at radius 3 is 0.818 bits per heavy atom. The molecule has 0 fully saturated rings. The van der Waals surface area contributed by atoms with E-state index in [1.54, 1.807) is 60.7 Å². The van der Waals surface area contributed by atoms with Gasteiger partial charge in [0.2, 0.25) is 0 Å².